The first kappa shape index (κ1) is 25.5. The summed E-state index contributed by atoms with van der Waals surface area (Å²) in [7, 11) is -3.03. The summed E-state index contributed by atoms with van der Waals surface area (Å²) in [5.41, 5.74) is -1.10. The molecule has 8 nitrogen and oxygen atoms in total. The van der Waals surface area contributed by atoms with E-state index in [0.717, 1.165) is 0 Å². The van der Waals surface area contributed by atoms with E-state index >= 15 is 0 Å². The van der Waals surface area contributed by atoms with E-state index < -0.39 is 27.1 Å². The first-order chi connectivity index (χ1) is 12.4. The molecule has 3 N–H and O–H groups in total. The van der Waals surface area contributed by atoms with Crippen molar-refractivity contribution in [2.24, 2.45) is 4.99 Å². The van der Waals surface area contributed by atoms with E-state index in [9.17, 15) is 13.2 Å². The summed E-state index contributed by atoms with van der Waals surface area (Å²) in [6, 6.07) is 0. The second-order valence-corrected chi connectivity index (χ2v) is 9.95. The third kappa shape index (κ3) is 11.0. The number of guanidine groups is 1. The van der Waals surface area contributed by atoms with Crippen LogP contribution in [0.1, 0.15) is 61.3 Å². The average molecular weight is 407 g/mol. The smallest absolute Gasteiger partial charge is 0.408 e. The highest BCUT2D eigenvalue weighted by Crippen LogP contribution is 2.17. The monoisotopic (exact) mass is 406 g/mol. The molecule has 0 atom stereocenters. The highest BCUT2D eigenvalue weighted by molar-refractivity contribution is 7.91. The molecule has 0 radical (unpaired) electrons. The summed E-state index contributed by atoms with van der Waals surface area (Å²) in [6.07, 6.45) is 0.916. The number of alkyl carbamates (subject to hydrolysis) is 1. The zero-order valence-electron chi connectivity index (χ0n) is 17.9. The molecule has 160 valence electrons. The van der Waals surface area contributed by atoms with Crippen LogP contribution in [0.2, 0.25) is 0 Å². The molecule has 0 saturated heterocycles. The maximum absolute atomic E-state index is 12.2. The predicted molar refractivity (Wildman–Crippen MR) is 111 cm³/mol. The minimum absolute atomic E-state index is 0.0524. The van der Waals surface area contributed by atoms with Crippen LogP contribution in [0.15, 0.2) is 4.99 Å². The van der Waals surface area contributed by atoms with Crippen LogP contribution in [0.25, 0.3) is 0 Å². The minimum Gasteiger partial charge on any atom is -0.444 e. The van der Waals surface area contributed by atoms with E-state index in [4.69, 9.17) is 4.74 Å². The Bertz CT molecular complexity index is 579. The van der Waals surface area contributed by atoms with Crippen LogP contribution in [0.5, 0.6) is 0 Å². The van der Waals surface area contributed by atoms with Crippen molar-refractivity contribution in [1.82, 2.24) is 16.0 Å². The Morgan fingerprint density at radius 2 is 1.63 bits per heavy atom. The lowest BCUT2D eigenvalue weighted by Crippen LogP contribution is -2.52. The Labute approximate surface area is 164 Å². The summed E-state index contributed by atoms with van der Waals surface area (Å²) >= 11 is 0. The number of nitrogens with zero attached hydrogens (tertiary/aromatic N) is 1. The van der Waals surface area contributed by atoms with Crippen molar-refractivity contribution in [2.75, 3.05) is 31.1 Å². The molecule has 0 aliphatic rings. The largest absolute Gasteiger partial charge is 0.444 e. The van der Waals surface area contributed by atoms with Gasteiger partial charge in [-0.2, -0.15) is 0 Å². The molecule has 0 aromatic rings. The van der Waals surface area contributed by atoms with Gasteiger partial charge in [0, 0.05) is 18.8 Å². The topological polar surface area (TPSA) is 109 Å². The number of hydrogen-bond acceptors (Lipinski definition) is 5. The molecule has 1 amide bonds. The molecule has 0 rings (SSSR count). The fourth-order valence-corrected chi connectivity index (χ4v) is 2.95. The fourth-order valence-electron chi connectivity index (χ4n) is 2.25. The van der Waals surface area contributed by atoms with E-state index in [1.54, 1.807) is 6.92 Å². The SMILES string of the molecule is CCNC(=NCC(CC)(CC)NC(=O)OC(C)(C)C)NCCS(=O)(=O)CC. The van der Waals surface area contributed by atoms with Crippen molar-refractivity contribution in [3.8, 4) is 0 Å². The van der Waals surface area contributed by atoms with Gasteiger partial charge in [0.2, 0.25) is 0 Å². The van der Waals surface area contributed by atoms with Crippen molar-refractivity contribution in [1.29, 1.82) is 0 Å². The quantitative estimate of drug-likeness (QED) is 0.378. The number of rotatable bonds is 10. The summed E-state index contributed by atoms with van der Waals surface area (Å²) in [5, 5.41) is 9.09. The minimum atomic E-state index is -3.03. The van der Waals surface area contributed by atoms with Crippen LogP contribution >= 0.6 is 0 Å². The number of carbonyl (C=O) groups excluding carboxylic acids is 1. The van der Waals surface area contributed by atoms with Gasteiger partial charge >= 0.3 is 6.09 Å². The lowest BCUT2D eigenvalue weighted by molar-refractivity contribution is 0.0452. The molecule has 0 aliphatic carbocycles. The third-order valence-corrected chi connectivity index (χ3v) is 5.85. The van der Waals surface area contributed by atoms with Crippen LogP contribution in [-0.4, -0.2) is 62.8 Å². The normalized spacial score (nSPS) is 13.2. The van der Waals surface area contributed by atoms with Crippen LogP contribution in [-0.2, 0) is 14.6 Å². The number of carbonyl (C=O) groups is 1. The van der Waals surface area contributed by atoms with E-state index in [-0.39, 0.29) is 18.1 Å². The van der Waals surface area contributed by atoms with Gasteiger partial charge in [0.15, 0.2) is 15.8 Å². The Kier molecular flexibility index (Phi) is 10.7. The fraction of sp³-hybridized carbons (Fsp3) is 0.889. The zero-order valence-corrected chi connectivity index (χ0v) is 18.8. The molecule has 0 heterocycles. The average Bonchev–Trinajstić information content (AvgIpc) is 2.56. The summed E-state index contributed by atoms with van der Waals surface area (Å²) in [5.74, 6) is 0.703. The number of hydrogen-bond donors (Lipinski definition) is 3. The second-order valence-electron chi connectivity index (χ2n) is 7.47. The second kappa shape index (κ2) is 11.4. The Hall–Kier alpha value is -1.51. The Balaban J connectivity index is 5.06. The molecule has 0 aromatic carbocycles. The number of aliphatic imine (C=N–C) groups is 1. The van der Waals surface area contributed by atoms with Crippen molar-refractivity contribution < 1.29 is 17.9 Å². The van der Waals surface area contributed by atoms with Gasteiger partial charge < -0.3 is 20.7 Å². The molecule has 0 bridgehead atoms. The first-order valence-electron chi connectivity index (χ1n) is 9.66. The van der Waals surface area contributed by atoms with E-state index in [2.05, 4.69) is 20.9 Å². The van der Waals surface area contributed by atoms with Gasteiger partial charge in [0.25, 0.3) is 0 Å². The molecule has 27 heavy (non-hydrogen) atoms. The van der Waals surface area contributed by atoms with Crippen molar-refractivity contribution in [3.05, 3.63) is 0 Å². The van der Waals surface area contributed by atoms with Gasteiger partial charge in [0.1, 0.15) is 5.60 Å². The van der Waals surface area contributed by atoms with Crippen LogP contribution < -0.4 is 16.0 Å². The van der Waals surface area contributed by atoms with Crippen molar-refractivity contribution >= 4 is 21.9 Å². The van der Waals surface area contributed by atoms with E-state index in [1.807, 2.05) is 41.5 Å². The van der Waals surface area contributed by atoms with Crippen molar-refractivity contribution in [2.45, 2.75) is 72.4 Å². The molecule has 0 aromatic heterocycles. The van der Waals surface area contributed by atoms with Gasteiger partial charge in [-0.15, -0.1) is 0 Å². The molecule has 9 heteroatoms. The van der Waals surface area contributed by atoms with Gasteiger partial charge in [-0.1, -0.05) is 20.8 Å². The first-order valence-corrected chi connectivity index (χ1v) is 11.5. The summed E-state index contributed by atoms with van der Waals surface area (Å²) in [4.78, 5) is 16.8. The van der Waals surface area contributed by atoms with Crippen LogP contribution in [0, 0.1) is 0 Å². The highest BCUT2D eigenvalue weighted by Gasteiger charge is 2.30. The molecular formula is C18H38N4O4S. The summed E-state index contributed by atoms with van der Waals surface area (Å²) in [6.45, 7) is 14.3. The standard InChI is InChI=1S/C18H38N4O4S/c1-8-18(9-2,22-16(23)26-17(5,6)7)14-21-15(19-10-3)20-12-13-27(24,25)11-4/h8-14H2,1-7H3,(H,22,23)(H2,19,20,21). The van der Waals surface area contributed by atoms with E-state index in [1.165, 1.54) is 0 Å². The number of amides is 1. The molecule has 0 aliphatic heterocycles. The third-order valence-electron chi connectivity index (χ3n) is 4.15. The molecule has 0 fully saturated rings. The number of ether oxygens (including phenoxy) is 1. The van der Waals surface area contributed by atoms with E-state index in [0.29, 0.717) is 31.9 Å². The van der Waals surface area contributed by atoms with Gasteiger partial charge in [-0.25, -0.2) is 13.2 Å². The number of nitrogens with one attached hydrogen (secondary N) is 3. The Morgan fingerprint density at radius 1 is 1.04 bits per heavy atom. The van der Waals surface area contributed by atoms with Crippen molar-refractivity contribution in [3.63, 3.8) is 0 Å². The maximum Gasteiger partial charge on any atom is 0.408 e. The van der Waals surface area contributed by atoms with Crippen LogP contribution in [0.4, 0.5) is 4.79 Å². The summed E-state index contributed by atoms with van der Waals surface area (Å²) < 4.78 is 28.6. The van der Waals surface area contributed by atoms with Gasteiger partial charge in [-0.3, -0.25) is 4.99 Å². The zero-order chi connectivity index (χ0) is 21.1. The predicted octanol–water partition coefficient (Wildman–Crippen LogP) is 2.06. The molecule has 0 spiro atoms. The lowest BCUT2D eigenvalue weighted by Gasteiger charge is -2.32. The Morgan fingerprint density at radius 3 is 2.07 bits per heavy atom. The highest BCUT2D eigenvalue weighted by atomic mass is 32.2. The molecule has 0 unspecified atom stereocenters. The van der Waals surface area contributed by atoms with Gasteiger partial charge in [-0.05, 0) is 40.5 Å². The molecular weight excluding hydrogens is 368 g/mol. The van der Waals surface area contributed by atoms with Gasteiger partial charge in [0.05, 0.1) is 17.8 Å². The molecule has 0 saturated carbocycles. The van der Waals surface area contributed by atoms with Crippen LogP contribution in [0.3, 0.4) is 0 Å². The number of sulfone groups is 1. The lowest BCUT2D eigenvalue weighted by atomic mass is 9.93. The maximum atomic E-state index is 12.2.